The number of amides is 2. The molecule has 8 nitrogen and oxygen atoms in total. The van der Waals surface area contributed by atoms with Gasteiger partial charge in [0.1, 0.15) is 6.61 Å². The Morgan fingerprint density at radius 2 is 1.81 bits per heavy atom. The zero-order chi connectivity index (χ0) is 27.1. The second-order valence-electron chi connectivity index (χ2n) is 9.59. The van der Waals surface area contributed by atoms with Crippen molar-refractivity contribution in [1.82, 2.24) is 9.88 Å². The molecule has 8 heteroatoms. The van der Waals surface area contributed by atoms with Crippen LogP contribution in [0.15, 0.2) is 42.6 Å². The van der Waals surface area contributed by atoms with Gasteiger partial charge in [-0.1, -0.05) is 39.0 Å². The zero-order valence-electron chi connectivity index (χ0n) is 22.6. The van der Waals surface area contributed by atoms with Crippen LogP contribution in [0.2, 0.25) is 0 Å². The molecule has 3 aromatic rings. The third-order valence-corrected chi connectivity index (χ3v) is 6.24. The number of nitrogens with two attached hydrogens (primary N) is 1. The summed E-state index contributed by atoms with van der Waals surface area (Å²) in [7, 11) is 1.58. The molecule has 0 radical (unpaired) electrons. The number of aromatic nitrogens is 1. The van der Waals surface area contributed by atoms with E-state index in [9.17, 15) is 9.59 Å². The first kappa shape index (κ1) is 27.8. The Morgan fingerprint density at radius 3 is 2.43 bits per heavy atom. The number of benzene rings is 2. The summed E-state index contributed by atoms with van der Waals surface area (Å²) in [5.74, 6) is 0.619. The molecular weight excluding hydrogens is 468 g/mol. The Bertz CT molecular complexity index is 1260. The van der Waals surface area contributed by atoms with E-state index in [4.69, 9.17) is 15.2 Å². The van der Waals surface area contributed by atoms with Crippen molar-refractivity contribution in [2.45, 2.75) is 53.5 Å². The highest BCUT2D eigenvalue weighted by molar-refractivity contribution is 5.98. The molecule has 0 bridgehead atoms. The summed E-state index contributed by atoms with van der Waals surface area (Å²) >= 11 is 0. The standard InChI is InChI=1S/C29H38N4O4/c1-7-20-10-8-9-11-23(20)32-28-21(14-27(30)34)17-31-24-16-25(36-6)26(15-22(24)28)37-13-12-33(19(4)5)29(35)18(2)3/h8-11,15-19H,7,12-14H2,1-6H3,(H2,30,34)(H,31,32). The van der Waals surface area contributed by atoms with Gasteiger partial charge in [-0.25, -0.2) is 0 Å². The summed E-state index contributed by atoms with van der Waals surface area (Å²) in [6, 6.07) is 11.8. The predicted octanol–water partition coefficient (Wildman–Crippen LogP) is 4.85. The zero-order valence-corrected chi connectivity index (χ0v) is 22.6. The van der Waals surface area contributed by atoms with Crippen LogP contribution in [-0.4, -0.2) is 48.0 Å². The average Bonchev–Trinajstić information content (AvgIpc) is 2.86. The van der Waals surface area contributed by atoms with E-state index >= 15 is 0 Å². The van der Waals surface area contributed by atoms with Gasteiger partial charge in [-0.2, -0.15) is 0 Å². The van der Waals surface area contributed by atoms with E-state index in [1.807, 2.05) is 62.9 Å². The van der Waals surface area contributed by atoms with Crippen LogP contribution >= 0.6 is 0 Å². The molecule has 3 rings (SSSR count). The van der Waals surface area contributed by atoms with Crippen molar-refractivity contribution >= 4 is 34.1 Å². The number of anilines is 2. The summed E-state index contributed by atoms with van der Waals surface area (Å²) in [5, 5.41) is 4.30. The number of carbonyl (C=O) groups is 2. The SMILES string of the molecule is CCc1ccccc1Nc1c(CC(N)=O)cnc2cc(OC)c(OCCN(C(=O)C(C)C)C(C)C)cc12. The number of para-hydroxylation sites is 1. The van der Waals surface area contributed by atoms with Crippen molar-refractivity contribution in [3.8, 4) is 11.5 Å². The molecule has 2 amide bonds. The van der Waals surface area contributed by atoms with Crippen LogP contribution < -0.4 is 20.5 Å². The van der Waals surface area contributed by atoms with Gasteiger partial charge in [0.05, 0.1) is 31.3 Å². The number of carbonyl (C=O) groups excluding carboxylic acids is 2. The number of rotatable bonds is 12. The van der Waals surface area contributed by atoms with Crippen molar-refractivity contribution in [1.29, 1.82) is 0 Å². The van der Waals surface area contributed by atoms with Crippen molar-refractivity contribution in [3.05, 3.63) is 53.7 Å². The van der Waals surface area contributed by atoms with Crippen molar-refractivity contribution < 1.29 is 19.1 Å². The fraction of sp³-hybridized carbons (Fsp3) is 0.414. The van der Waals surface area contributed by atoms with Crippen LogP contribution in [0.3, 0.4) is 0 Å². The third-order valence-electron chi connectivity index (χ3n) is 6.24. The fourth-order valence-electron chi connectivity index (χ4n) is 4.28. The first-order valence-electron chi connectivity index (χ1n) is 12.7. The molecule has 0 aliphatic rings. The number of ether oxygens (including phenoxy) is 2. The highest BCUT2D eigenvalue weighted by atomic mass is 16.5. The molecule has 0 unspecified atom stereocenters. The number of primary amides is 1. The summed E-state index contributed by atoms with van der Waals surface area (Å²) in [6.07, 6.45) is 2.56. The molecule has 0 atom stereocenters. The molecular formula is C29H38N4O4. The van der Waals surface area contributed by atoms with E-state index < -0.39 is 5.91 Å². The van der Waals surface area contributed by atoms with Crippen molar-refractivity contribution in [3.63, 3.8) is 0 Å². The van der Waals surface area contributed by atoms with Gasteiger partial charge in [-0.3, -0.25) is 14.6 Å². The molecule has 37 heavy (non-hydrogen) atoms. The van der Waals surface area contributed by atoms with Gasteiger partial charge in [-0.05, 0) is 38.0 Å². The van der Waals surface area contributed by atoms with Gasteiger partial charge < -0.3 is 25.4 Å². The van der Waals surface area contributed by atoms with Crippen molar-refractivity contribution in [2.24, 2.45) is 11.7 Å². The average molecular weight is 507 g/mol. The molecule has 2 aromatic carbocycles. The minimum absolute atomic E-state index is 0.0441. The van der Waals surface area contributed by atoms with Crippen LogP contribution in [-0.2, 0) is 22.4 Å². The number of pyridine rings is 1. The van der Waals surface area contributed by atoms with Crippen LogP contribution in [0, 0.1) is 5.92 Å². The van der Waals surface area contributed by atoms with Crippen LogP contribution in [0.1, 0.15) is 45.7 Å². The van der Waals surface area contributed by atoms with E-state index in [1.165, 1.54) is 0 Å². The quantitative estimate of drug-likeness (QED) is 0.364. The molecule has 1 aromatic heterocycles. The Labute approximate surface area is 219 Å². The molecule has 198 valence electrons. The number of methoxy groups -OCH3 is 1. The second-order valence-corrected chi connectivity index (χ2v) is 9.59. The Kier molecular flexibility index (Phi) is 9.33. The number of nitrogens with zero attached hydrogens (tertiary/aromatic N) is 2. The first-order chi connectivity index (χ1) is 17.7. The number of fused-ring (bicyclic) bond motifs is 1. The minimum Gasteiger partial charge on any atom is -0.493 e. The normalized spacial score (nSPS) is 11.1. The number of aryl methyl sites for hydroxylation is 1. The largest absolute Gasteiger partial charge is 0.493 e. The summed E-state index contributed by atoms with van der Waals surface area (Å²) < 4.78 is 11.7. The molecule has 0 saturated heterocycles. The van der Waals surface area contributed by atoms with E-state index in [0.717, 1.165) is 28.7 Å². The predicted molar refractivity (Wildman–Crippen MR) is 147 cm³/mol. The summed E-state index contributed by atoms with van der Waals surface area (Å²) in [5.41, 5.74) is 9.77. The monoisotopic (exact) mass is 506 g/mol. The Balaban J connectivity index is 2.02. The smallest absolute Gasteiger partial charge is 0.225 e. The van der Waals surface area contributed by atoms with Gasteiger partial charge in [0.15, 0.2) is 11.5 Å². The van der Waals surface area contributed by atoms with E-state index in [-0.39, 0.29) is 24.3 Å². The molecule has 0 aliphatic heterocycles. The lowest BCUT2D eigenvalue weighted by molar-refractivity contribution is -0.136. The Hall–Kier alpha value is -3.81. The van der Waals surface area contributed by atoms with Gasteiger partial charge >= 0.3 is 0 Å². The maximum Gasteiger partial charge on any atom is 0.225 e. The maximum atomic E-state index is 12.6. The molecule has 0 saturated carbocycles. The number of hydrogen-bond acceptors (Lipinski definition) is 6. The van der Waals surface area contributed by atoms with Crippen molar-refractivity contribution in [2.75, 3.05) is 25.6 Å². The lowest BCUT2D eigenvalue weighted by Crippen LogP contribution is -2.42. The molecule has 0 aliphatic carbocycles. The summed E-state index contributed by atoms with van der Waals surface area (Å²) in [6.45, 7) is 10.6. The maximum absolute atomic E-state index is 12.6. The highest BCUT2D eigenvalue weighted by Crippen LogP contribution is 2.38. The number of nitrogens with one attached hydrogen (secondary N) is 1. The first-order valence-corrected chi connectivity index (χ1v) is 12.7. The Morgan fingerprint density at radius 1 is 1.08 bits per heavy atom. The van der Waals surface area contributed by atoms with Crippen LogP contribution in [0.4, 0.5) is 11.4 Å². The lowest BCUT2D eigenvalue weighted by Gasteiger charge is -2.28. The van der Waals surface area contributed by atoms with E-state index in [2.05, 4.69) is 23.3 Å². The van der Waals surface area contributed by atoms with Crippen LogP contribution in [0.25, 0.3) is 10.9 Å². The molecule has 1 heterocycles. The van der Waals surface area contributed by atoms with E-state index in [1.54, 1.807) is 13.3 Å². The highest BCUT2D eigenvalue weighted by Gasteiger charge is 2.21. The third kappa shape index (κ3) is 6.70. The van der Waals surface area contributed by atoms with Gasteiger partial charge in [0.2, 0.25) is 11.8 Å². The lowest BCUT2D eigenvalue weighted by atomic mass is 10.0. The second kappa shape index (κ2) is 12.4. The van der Waals surface area contributed by atoms with Crippen LogP contribution in [0.5, 0.6) is 11.5 Å². The summed E-state index contributed by atoms with van der Waals surface area (Å²) in [4.78, 5) is 30.9. The fourth-order valence-corrected chi connectivity index (χ4v) is 4.28. The minimum atomic E-state index is -0.443. The molecule has 3 N–H and O–H groups in total. The molecule has 0 fully saturated rings. The topological polar surface area (TPSA) is 107 Å². The van der Waals surface area contributed by atoms with Gasteiger partial charge in [0.25, 0.3) is 0 Å². The number of hydrogen-bond donors (Lipinski definition) is 2. The van der Waals surface area contributed by atoms with Gasteiger partial charge in [-0.15, -0.1) is 0 Å². The molecule has 0 spiro atoms. The van der Waals surface area contributed by atoms with E-state index in [0.29, 0.717) is 35.7 Å². The van der Waals surface area contributed by atoms with Gasteiger partial charge in [0, 0.05) is 40.9 Å².